The molecule has 0 radical (unpaired) electrons. The van der Waals surface area contributed by atoms with Crippen LogP contribution in [0.15, 0.2) is 36.0 Å². The first kappa shape index (κ1) is 8.46. The van der Waals surface area contributed by atoms with Gasteiger partial charge in [-0.1, -0.05) is 12.2 Å². The molecule has 1 amide bonds. The van der Waals surface area contributed by atoms with Crippen LogP contribution >= 0.6 is 0 Å². The maximum absolute atomic E-state index is 10.9. The molecular weight excluding hydrogens is 152 g/mol. The van der Waals surface area contributed by atoms with E-state index < -0.39 is 0 Å². The number of carbonyl (C=O) groups is 1. The third-order valence-electron chi connectivity index (χ3n) is 1.45. The summed E-state index contributed by atoms with van der Waals surface area (Å²) in [5.74, 6) is -0.132. The summed E-state index contributed by atoms with van der Waals surface area (Å²) in [6.07, 6.45) is 8.25. The Morgan fingerprint density at radius 1 is 1.42 bits per heavy atom. The zero-order chi connectivity index (χ0) is 8.97. The standard InChI is InChI=1S/C9H10N2O/c1-11-9(12)6-7-2-4-8(10)5-3-7/h2-6,10H,1H3,(H,11,12). The molecule has 0 fully saturated rings. The van der Waals surface area contributed by atoms with Crippen LogP contribution in [0.25, 0.3) is 0 Å². The molecule has 0 aromatic heterocycles. The van der Waals surface area contributed by atoms with Gasteiger partial charge in [0.15, 0.2) is 0 Å². The highest BCUT2D eigenvalue weighted by molar-refractivity contribution is 6.04. The van der Waals surface area contributed by atoms with Crippen LogP contribution in [0, 0.1) is 5.41 Å². The highest BCUT2D eigenvalue weighted by Gasteiger charge is 1.97. The lowest BCUT2D eigenvalue weighted by Crippen LogP contribution is -2.14. The maximum atomic E-state index is 10.9. The third-order valence-corrected chi connectivity index (χ3v) is 1.45. The topological polar surface area (TPSA) is 53.0 Å². The number of amides is 1. The minimum Gasteiger partial charge on any atom is -0.356 e. The molecule has 0 heterocycles. The van der Waals surface area contributed by atoms with Gasteiger partial charge in [0.05, 0.1) is 5.71 Å². The van der Waals surface area contributed by atoms with E-state index in [0.29, 0.717) is 5.71 Å². The van der Waals surface area contributed by atoms with Crippen LogP contribution in [0.5, 0.6) is 0 Å². The highest BCUT2D eigenvalue weighted by atomic mass is 16.1. The molecule has 3 nitrogen and oxygen atoms in total. The Morgan fingerprint density at radius 2 is 2.00 bits per heavy atom. The van der Waals surface area contributed by atoms with Crippen LogP contribution in [0.4, 0.5) is 0 Å². The number of carbonyl (C=O) groups excluding carboxylic acids is 1. The predicted molar refractivity (Wildman–Crippen MR) is 48.2 cm³/mol. The first-order valence-corrected chi connectivity index (χ1v) is 3.60. The van der Waals surface area contributed by atoms with Crippen molar-refractivity contribution in [1.29, 1.82) is 5.41 Å². The summed E-state index contributed by atoms with van der Waals surface area (Å²) in [6, 6.07) is 0. The molecule has 0 aromatic rings. The van der Waals surface area contributed by atoms with Crippen molar-refractivity contribution in [3.8, 4) is 0 Å². The van der Waals surface area contributed by atoms with Crippen molar-refractivity contribution in [2.75, 3.05) is 7.05 Å². The van der Waals surface area contributed by atoms with Gasteiger partial charge >= 0.3 is 0 Å². The van der Waals surface area contributed by atoms with E-state index in [0.717, 1.165) is 5.57 Å². The van der Waals surface area contributed by atoms with Crippen LogP contribution in [0.2, 0.25) is 0 Å². The third kappa shape index (κ3) is 2.20. The van der Waals surface area contributed by atoms with E-state index in [2.05, 4.69) is 5.32 Å². The number of hydrogen-bond acceptors (Lipinski definition) is 2. The summed E-state index contributed by atoms with van der Waals surface area (Å²) in [5, 5.41) is 9.69. The molecule has 0 bridgehead atoms. The summed E-state index contributed by atoms with van der Waals surface area (Å²) in [5.41, 5.74) is 1.26. The van der Waals surface area contributed by atoms with Crippen molar-refractivity contribution in [2.24, 2.45) is 0 Å². The molecule has 2 N–H and O–H groups in total. The van der Waals surface area contributed by atoms with Gasteiger partial charge in [0.1, 0.15) is 0 Å². The lowest BCUT2D eigenvalue weighted by molar-refractivity contribution is -0.116. The minimum atomic E-state index is -0.132. The van der Waals surface area contributed by atoms with Gasteiger partial charge in [0.2, 0.25) is 5.91 Å². The number of nitrogens with one attached hydrogen (secondary N) is 2. The molecule has 0 saturated carbocycles. The molecule has 1 rings (SSSR count). The van der Waals surface area contributed by atoms with E-state index in [-0.39, 0.29) is 5.91 Å². The molecule has 0 unspecified atom stereocenters. The second-order valence-electron chi connectivity index (χ2n) is 2.38. The molecule has 0 aromatic carbocycles. The van der Waals surface area contributed by atoms with Gasteiger partial charge in [-0.2, -0.15) is 0 Å². The molecule has 0 aliphatic heterocycles. The molecule has 0 spiro atoms. The summed E-state index contributed by atoms with van der Waals surface area (Å²) in [7, 11) is 1.58. The minimum absolute atomic E-state index is 0.132. The quantitative estimate of drug-likeness (QED) is 0.551. The smallest absolute Gasteiger partial charge is 0.244 e. The zero-order valence-corrected chi connectivity index (χ0v) is 6.79. The van der Waals surface area contributed by atoms with Gasteiger partial charge < -0.3 is 10.7 Å². The molecule has 1 aliphatic carbocycles. The number of hydrogen-bond donors (Lipinski definition) is 2. The molecule has 3 heteroatoms. The maximum Gasteiger partial charge on any atom is 0.244 e. The van der Waals surface area contributed by atoms with Crippen LogP contribution in [0.3, 0.4) is 0 Å². The Hall–Kier alpha value is -1.64. The molecule has 0 atom stereocenters. The Kier molecular flexibility index (Phi) is 2.58. The Bertz CT molecular complexity index is 280. The number of likely N-dealkylation sites (N-methyl/N-ethyl adjacent to an activating group) is 1. The Labute approximate surface area is 71.0 Å². The summed E-state index contributed by atoms with van der Waals surface area (Å²) < 4.78 is 0. The van der Waals surface area contributed by atoms with E-state index in [1.807, 2.05) is 0 Å². The van der Waals surface area contributed by atoms with Crippen molar-refractivity contribution in [3.63, 3.8) is 0 Å². The van der Waals surface area contributed by atoms with Crippen LogP contribution in [0.1, 0.15) is 0 Å². The monoisotopic (exact) mass is 162 g/mol. The fraction of sp³-hybridized carbons (Fsp3) is 0.111. The van der Waals surface area contributed by atoms with Gasteiger partial charge in [0, 0.05) is 13.1 Å². The van der Waals surface area contributed by atoms with Crippen molar-refractivity contribution < 1.29 is 4.79 Å². The van der Waals surface area contributed by atoms with Gasteiger partial charge in [-0.15, -0.1) is 0 Å². The summed E-state index contributed by atoms with van der Waals surface area (Å²) in [4.78, 5) is 10.9. The van der Waals surface area contributed by atoms with Crippen molar-refractivity contribution in [2.45, 2.75) is 0 Å². The van der Waals surface area contributed by atoms with Crippen LogP contribution in [-0.4, -0.2) is 18.7 Å². The van der Waals surface area contributed by atoms with Crippen molar-refractivity contribution in [3.05, 3.63) is 36.0 Å². The summed E-state index contributed by atoms with van der Waals surface area (Å²) >= 11 is 0. The van der Waals surface area contributed by atoms with Crippen molar-refractivity contribution >= 4 is 11.6 Å². The number of allylic oxidation sites excluding steroid dienone is 5. The molecular formula is C9H10N2O. The van der Waals surface area contributed by atoms with Gasteiger partial charge in [0.25, 0.3) is 0 Å². The second-order valence-corrected chi connectivity index (χ2v) is 2.38. The first-order chi connectivity index (χ1) is 5.72. The van der Waals surface area contributed by atoms with E-state index in [4.69, 9.17) is 5.41 Å². The van der Waals surface area contributed by atoms with E-state index in [9.17, 15) is 4.79 Å². The van der Waals surface area contributed by atoms with E-state index in [1.165, 1.54) is 6.08 Å². The van der Waals surface area contributed by atoms with E-state index >= 15 is 0 Å². The largest absolute Gasteiger partial charge is 0.356 e. The SMILES string of the molecule is CNC(=O)C=C1C=CC(=N)C=C1. The normalized spacial score (nSPS) is 14.8. The first-order valence-electron chi connectivity index (χ1n) is 3.60. The number of rotatable bonds is 1. The van der Waals surface area contributed by atoms with Crippen LogP contribution < -0.4 is 5.32 Å². The Balaban J connectivity index is 2.73. The fourth-order valence-corrected chi connectivity index (χ4v) is 0.803. The zero-order valence-electron chi connectivity index (χ0n) is 6.79. The second kappa shape index (κ2) is 3.67. The fourth-order valence-electron chi connectivity index (χ4n) is 0.803. The lowest BCUT2D eigenvalue weighted by atomic mass is 10.1. The molecule has 0 saturated heterocycles. The predicted octanol–water partition coefficient (Wildman–Crippen LogP) is 0.805. The Morgan fingerprint density at radius 3 is 2.50 bits per heavy atom. The average molecular weight is 162 g/mol. The average Bonchev–Trinajstić information content (AvgIpc) is 2.09. The van der Waals surface area contributed by atoms with Crippen LogP contribution in [-0.2, 0) is 4.79 Å². The van der Waals surface area contributed by atoms with Gasteiger partial charge in [-0.05, 0) is 17.7 Å². The van der Waals surface area contributed by atoms with Crippen molar-refractivity contribution in [1.82, 2.24) is 5.32 Å². The molecule has 62 valence electrons. The van der Waals surface area contributed by atoms with E-state index in [1.54, 1.807) is 31.4 Å². The van der Waals surface area contributed by atoms with Gasteiger partial charge in [-0.25, -0.2) is 0 Å². The molecule has 12 heavy (non-hydrogen) atoms. The molecule has 1 aliphatic rings. The lowest BCUT2D eigenvalue weighted by Gasteiger charge is -1.99. The highest BCUT2D eigenvalue weighted by Crippen LogP contribution is 2.05. The summed E-state index contributed by atoms with van der Waals surface area (Å²) in [6.45, 7) is 0. The van der Waals surface area contributed by atoms with Gasteiger partial charge in [-0.3, -0.25) is 4.79 Å².